The van der Waals surface area contributed by atoms with Gasteiger partial charge in [0.15, 0.2) is 0 Å². The molecule has 0 heterocycles. The van der Waals surface area contributed by atoms with Gasteiger partial charge in [0.2, 0.25) is 0 Å². The average molecular weight is 291 g/mol. The second kappa shape index (κ2) is 5.87. The van der Waals surface area contributed by atoms with Gasteiger partial charge in [-0.1, -0.05) is 6.07 Å². The van der Waals surface area contributed by atoms with E-state index in [2.05, 4.69) is 10.6 Å². The summed E-state index contributed by atoms with van der Waals surface area (Å²) in [7, 11) is 0. The predicted octanol–water partition coefficient (Wildman–Crippen LogP) is 3.08. The van der Waals surface area contributed by atoms with Gasteiger partial charge < -0.3 is 15.7 Å². The number of halogens is 1. The van der Waals surface area contributed by atoms with E-state index >= 15 is 0 Å². The van der Waals surface area contributed by atoms with E-state index in [1.807, 2.05) is 0 Å². The van der Waals surface area contributed by atoms with Gasteiger partial charge in [0.05, 0.1) is 10.6 Å². The highest BCUT2D eigenvalue weighted by atomic mass is 19.1. The van der Waals surface area contributed by atoms with Crippen LogP contribution in [0.15, 0.2) is 42.5 Å². The van der Waals surface area contributed by atoms with Gasteiger partial charge in [-0.25, -0.2) is 9.18 Å². The van der Waals surface area contributed by atoms with E-state index < -0.39 is 16.8 Å². The number of phenols is 1. The highest BCUT2D eigenvalue weighted by Crippen LogP contribution is 2.20. The predicted molar refractivity (Wildman–Crippen MR) is 73.8 cm³/mol. The van der Waals surface area contributed by atoms with Crippen LogP contribution in [0.2, 0.25) is 0 Å². The molecule has 21 heavy (non-hydrogen) atoms. The van der Waals surface area contributed by atoms with Crippen molar-refractivity contribution in [3.8, 4) is 5.75 Å². The quantitative estimate of drug-likeness (QED) is 0.459. The first-order chi connectivity index (χ1) is 9.95. The lowest BCUT2D eigenvalue weighted by Gasteiger charge is -2.08. The van der Waals surface area contributed by atoms with E-state index in [-0.39, 0.29) is 22.8 Å². The van der Waals surface area contributed by atoms with Gasteiger partial charge in [-0.3, -0.25) is 10.1 Å². The van der Waals surface area contributed by atoms with E-state index in [0.717, 1.165) is 6.07 Å². The van der Waals surface area contributed by atoms with Crippen molar-refractivity contribution < 1.29 is 19.2 Å². The topological polar surface area (TPSA) is 104 Å². The monoisotopic (exact) mass is 291 g/mol. The minimum Gasteiger partial charge on any atom is -0.508 e. The fourth-order valence-corrected chi connectivity index (χ4v) is 1.59. The van der Waals surface area contributed by atoms with Crippen molar-refractivity contribution in [1.82, 2.24) is 0 Å². The van der Waals surface area contributed by atoms with Crippen LogP contribution in [-0.2, 0) is 0 Å². The summed E-state index contributed by atoms with van der Waals surface area (Å²) in [6, 6.07) is 7.82. The molecule has 0 bridgehead atoms. The molecule has 2 aromatic rings. The Morgan fingerprint density at radius 3 is 2.62 bits per heavy atom. The molecule has 0 fully saturated rings. The van der Waals surface area contributed by atoms with E-state index in [1.54, 1.807) is 0 Å². The van der Waals surface area contributed by atoms with Crippen molar-refractivity contribution >= 4 is 23.1 Å². The van der Waals surface area contributed by atoms with Crippen LogP contribution in [0.5, 0.6) is 5.75 Å². The first kappa shape index (κ1) is 14.3. The highest BCUT2D eigenvalue weighted by molar-refractivity contribution is 6.00. The standard InChI is InChI=1S/C13H10FN3O4/c14-11-7-10(18)4-5-12(11)16-13(19)15-8-2-1-3-9(6-8)17(20)21/h1-7,18H,(H2,15,16,19). The summed E-state index contributed by atoms with van der Waals surface area (Å²) < 4.78 is 13.4. The number of non-ortho nitro benzene ring substituents is 1. The number of nitrogens with zero attached hydrogens (tertiary/aromatic N) is 1. The molecule has 8 heteroatoms. The van der Waals surface area contributed by atoms with Gasteiger partial charge >= 0.3 is 6.03 Å². The molecule has 0 spiro atoms. The van der Waals surface area contributed by atoms with Crippen LogP contribution < -0.4 is 10.6 Å². The first-order valence-corrected chi connectivity index (χ1v) is 5.76. The summed E-state index contributed by atoms with van der Waals surface area (Å²) in [4.78, 5) is 21.7. The largest absolute Gasteiger partial charge is 0.508 e. The van der Waals surface area contributed by atoms with Gasteiger partial charge in [0.1, 0.15) is 11.6 Å². The second-order valence-corrected chi connectivity index (χ2v) is 4.05. The Labute approximate surface area is 118 Å². The Morgan fingerprint density at radius 2 is 1.95 bits per heavy atom. The molecular formula is C13H10FN3O4. The van der Waals surface area contributed by atoms with Crippen LogP contribution in [0.3, 0.4) is 0 Å². The molecule has 0 unspecified atom stereocenters. The van der Waals surface area contributed by atoms with Crippen LogP contribution in [0.1, 0.15) is 0 Å². The van der Waals surface area contributed by atoms with E-state index in [9.17, 15) is 19.3 Å². The Balaban J connectivity index is 2.08. The lowest BCUT2D eigenvalue weighted by Crippen LogP contribution is -2.20. The Bertz CT molecular complexity index is 706. The third-order valence-electron chi connectivity index (χ3n) is 2.52. The average Bonchev–Trinajstić information content (AvgIpc) is 2.42. The van der Waals surface area contributed by atoms with Crippen molar-refractivity contribution in [2.45, 2.75) is 0 Å². The summed E-state index contributed by atoms with van der Waals surface area (Å²) in [5, 5.41) is 24.2. The normalized spacial score (nSPS) is 9.95. The summed E-state index contributed by atoms with van der Waals surface area (Å²) in [5.74, 6) is -1.07. The number of aromatic hydroxyl groups is 1. The molecule has 0 radical (unpaired) electrons. The molecule has 0 saturated heterocycles. The van der Waals surface area contributed by atoms with Crippen molar-refractivity contribution in [3.63, 3.8) is 0 Å². The Hall–Kier alpha value is -3.16. The molecule has 0 aliphatic rings. The zero-order chi connectivity index (χ0) is 15.4. The molecule has 7 nitrogen and oxygen atoms in total. The molecular weight excluding hydrogens is 281 g/mol. The fraction of sp³-hybridized carbons (Fsp3) is 0. The van der Waals surface area contributed by atoms with Gasteiger partial charge in [-0.15, -0.1) is 0 Å². The molecule has 108 valence electrons. The highest BCUT2D eigenvalue weighted by Gasteiger charge is 2.10. The van der Waals surface area contributed by atoms with Crippen LogP contribution >= 0.6 is 0 Å². The maximum absolute atomic E-state index is 13.4. The van der Waals surface area contributed by atoms with Crippen molar-refractivity contribution in [2.24, 2.45) is 0 Å². The van der Waals surface area contributed by atoms with E-state index in [1.165, 1.54) is 36.4 Å². The van der Waals surface area contributed by atoms with Crippen LogP contribution in [0.25, 0.3) is 0 Å². The van der Waals surface area contributed by atoms with Crippen LogP contribution in [-0.4, -0.2) is 16.1 Å². The number of nitro benzene ring substituents is 1. The number of hydrogen-bond donors (Lipinski definition) is 3. The third kappa shape index (κ3) is 3.66. The van der Waals surface area contributed by atoms with E-state index in [0.29, 0.717) is 0 Å². The maximum Gasteiger partial charge on any atom is 0.323 e. The summed E-state index contributed by atoms with van der Waals surface area (Å²) in [5.41, 5.74) is -0.111. The van der Waals surface area contributed by atoms with Crippen molar-refractivity contribution in [2.75, 3.05) is 10.6 Å². The number of rotatable bonds is 3. The van der Waals surface area contributed by atoms with Gasteiger partial charge in [-0.05, 0) is 18.2 Å². The van der Waals surface area contributed by atoms with Crippen molar-refractivity contribution in [1.29, 1.82) is 0 Å². The third-order valence-corrected chi connectivity index (χ3v) is 2.52. The van der Waals surface area contributed by atoms with Gasteiger partial charge in [0, 0.05) is 23.9 Å². The minimum atomic E-state index is -0.802. The van der Waals surface area contributed by atoms with Gasteiger partial charge in [0.25, 0.3) is 5.69 Å². The summed E-state index contributed by atoms with van der Waals surface area (Å²) in [6.45, 7) is 0. The molecule has 0 saturated carbocycles. The molecule has 0 aromatic heterocycles. The van der Waals surface area contributed by atoms with Crippen LogP contribution in [0, 0.1) is 15.9 Å². The SMILES string of the molecule is O=C(Nc1cccc([N+](=O)[O-])c1)Nc1ccc(O)cc1F. The number of nitrogens with one attached hydrogen (secondary N) is 2. The Morgan fingerprint density at radius 1 is 1.19 bits per heavy atom. The summed E-state index contributed by atoms with van der Waals surface area (Å²) in [6.07, 6.45) is 0. The smallest absolute Gasteiger partial charge is 0.323 e. The molecule has 0 aliphatic carbocycles. The number of urea groups is 1. The number of carbonyl (C=O) groups excluding carboxylic acids is 1. The summed E-state index contributed by atoms with van der Waals surface area (Å²) >= 11 is 0. The number of nitro groups is 1. The molecule has 2 aromatic carbocycles. The first-order valence-electron chi connectivity index (χ1n) is 5.76. The zero-order valence-corrected chi connectivity index (χ0v) is 10.5. The number of carbonyl (C=O) groups is 1. The number of hydrogen-bond acceptors (Lipinski definition) is 4. The molecule has 0 atom stereocenters. The van der Waals surface area contributed by atoms with E-state index in [4.69, 9.17) is 5.11 Å². The molecule has 2 rings (SSSR count). The number of phenolic OH excluding ortho intramolecular Hbond substituents is 1. The second-order valence-electron chi connectivity index (χ2n) is 4.05. The number of amides is 2. The van der Waals surface area contributed by atoms with Crippen molar-refractivity contribution in [3.05, 3.63) is 58.4 Å². The lowest BCUT2D eigenvalue weighted by molar-refractivity contribution is -0.384. The van der Waals surface area contributed by atoms with Gasteiger partial charge in [-0.2, -0.15) is 0 Å². The van der Waals surface area contributed by atoms with Crippen LogP contribution in [0.4, 0.5) is 26.2 Å². The fourth-order valence-electron chi connectivity index (χ4n) is 1.59. The number of anilines is 2. The Kier molecular flexibility index (Phi) is 3.98. The molecule has 0 aliphatic heterocycles. The molecule has 3 N–H and O–H groups in total. The maximum atomic E-state index is 13.4. The lowest BCUT2D eigenvalue weighted by atomic mass is 10.3. The number of benzene rings is 2. The molecule has 2 amide bonds. The minimum absolute atomic E-state index is 0.129. The zero-order valence-electron chi connectivity index (χ0n) is 10.5.